The molecule has 0 saturated carbocycles. The van der Waals surface area contributed by atoms with E-state index in [-0.39, 0.29) is 5.91 Å². The fourth-order valence-corrected chi connectivity index (χ4v) is 3.15. The standard InChI is InChI=1S/C22H22N4O2/c27-22(23-12-11-17-14-24-25-15-17)18-9-10-20-19(13-18)26-21(28-20)8-4-7-16-5-2-1-3-6-16/h1-3,5-6,9-10,13-15H,4,7-8,11-12H2,(H,23,27)(H,24,25). The average molecular weight is 374 g/mol. The number of hydrogen-bond acceptors (Lipinski definition) is 4. The van der Waals surface area contributed by atoms with Crippen LogP contribution in [0.25, 0.3) is 11.1 Å². The van der Waals surface area contributed by atoms with Crippen LogP contribution in [0.4, 0.5) is 0 Å². The first-order valence-electron chi connectivity index (χ1n) is 9.47. The van der Waals surface area contributed by atoms with Gasteiger partial charge in [-0.3, -0.25) is 9.89 Å². The Morgan fingerprint density at radius 1 is 1.04 bits per heavy atom. The lowest BCUT2D eigenvalue weighted by Crippen LogP contribution is -2.25. The van der Waals surface area contributed by atoms with E-state index < -0.39 is 0 Å². The van der Waals surface area contributed by atoms with E-state index in [1.54, 1.807) is 18.3 Å². The second-order valence-corrected chi connectivity index (χ2v) is 6.74. The molecular weight excluding hydrogens is 352 g/mol. The zero-order chi connectivity index (χ0) is 19.2. The summed E-state index contributed by atoms with van der Waals surface area (Å²) < 4.78 is 5.82. The van der Waals surface area contributed by atoms with Crippen LogP contribution >= 0.6 is 0 Å². The van der Waals surface area contributed by atoms with E-state index in [1.807, 2.05) is 18.3 Å². The predicted octanol–water partition coefficient (Wildman–Crippen LogP) is 3.70. The Morgan fingerprint density at radius 2 is 1.93 bits per heavy atom. The average Bonchev–Trinajstić information content (AvgIpc) is 3.37. The summed E-state index contributed by atoms with van der Waals surface area (Å²) in [6.45, 7) is 0.556. The van der Waals surface area contributed by atoms with E-state index in [4.69, 9.17) is 4.42 Å². The fraction of sp³-hybridized carbons (Fsp3) is 0.227. The van der Waals surface area contributed by atoms with Crippen molar-refractivity contribution in [2.45, 2.75) is 25.7 Å². The number of rotatable bonds is 8. The van der Waals surface area contributed by atoms with Crippen molar-refractivity contribution in [2.24, 2.45) is 0 Å². The van der Waals surface area contributed by atoms with E-state index >= 15 is 0 Å². The summed E-state index contributed by atoms with van der Waals surface area (Å²) in [6, 6.07) is 15.8. The third-order valence-corrected chi connectivity index (χ3v) is 4.65. The largest absolute Gasteiger partial charge is 0.441 e. The van der Waals surface area contributed by atoms with Gasteiger partial charge in [-0.05, 0) is 48.6 Å². The Morgan fingerprint density at radius 3 is 2.75 bits per heavy atom. The molecule has 2 N–H and O–H groups in total. The normalized spacial score (nSPS) is 11.0. The van der Waals surface area contributed by atoms with Crippen LogP contribution in [0.15, 0.2) is 65.3 Å². The maximum atomic E-state index is 12.4. The van der Waals surface area contributed by atoms with Gasteiger partial charge in [-0.15, -0.1) is 0 Å². The van der Waals surface area contributed by atoms with Gasteiger partial charge in [0.05, 0.1) is 6.20 Å². The Hall–Kier alpha value is -3.41. The number of aryl methyl sites for hydroxylation is 2. The zero-order valence-electron chi connectivity index (χ0n) is 15.5. The fourth-order valence-electron chi connectivity index (χ4n) is 3.15. The van der Waals surface area contributed by atoms with Crippen LogP contribution in [0.3, 0.4) is 0 Å². The van der Waals surface area contributed by atoms with Crippen molar-refractivity contribution >= 4 is 17.0 Å². The summed E-state index contributed by atoms with van der Waals surface area (Å²) >= 11 is 0. The molecule has 0 bridgehead atoms. The lowest BCUT2D eigenvalue weighted by molar-refractivity contribution is 0.0954. The van der Waals surface area contributed by atoms with Crippen molar-refractivity contribution in [3.8, 4) is 0 Å². The minimum atomic E-state index is -0.112. The highest BCUT2D eigenvalue weighted by Crippen LogP contribution is 2.19. The van der Waals surface area contributed by atoms with Crippen LogP contribution in [0.1, 0.15) is 33.8 Å². The molecule has 0 fully saturated rings. The summed E-state index contributed by atoms with van der Waals surface area (Å²) in [5.41, 5.74) is 4.39. The van der Waals surface area contributed by atoms with Crippen molar-refractivity contribution in [1.82, 2.24) is 20.5 Å². The number of aromatic amines is 1. The van der Waals surface area contributed by atoms with E-state index in [0.29, 0.717) is 23.6 Å². The molecule has 0 aliphatic carbocycles. The van der Waals surface area contributed by atoms with E-state index in [1.165, 1.54) is 5.56 Å². The molecular formula is C22H22N4O2. The van der Waals surface area contributed by atoms with Gasteiger partial charge in [-0.1, -0.05) is 30.3 Å². The molecule has 28 heavy (non-hydrogen) atoms. The maximum Gasteiger partial charge on any atom is 0.251 e. The maximum absolute atomic E-state index is 12.4. The van der Waals surface area contributed by atoms with Gasteiger partial charge in [0.25, 0.3) is 5.91 Å². The van der Waals surface area contributed by atoms with Crippen molar-refractivity contribution < 1.29 is 9.21 Å². The van der Waals surface area contributed by atoms with Crippen molar-refractivity contribution in [2.75, 3.05) is 6.54 Å². The molecule has 6 nitrogen and oxygen atoms in total. The second-order valence-electron chi connectivity index (χ2n) is 6.74. The van der Waals surface area contributed by atoms with Gasteiger partial charge in [0.15, 0.2) is 11.5 Å². The van der Waals surface area contributed by atoms with Crippen LogP contribution < -0.4 is 5.32 Å². The molecule has 0 radical (unpaired) electrons. The van der Waals surface area contributed by atoms with Crippen LogP contribution in [0.2, 0.25) is 0 Å². The number of H-pyrrole nitrogens is 1. The summed E-state index contributed by atoms with van der Waals surface area (Å²) in [5.74, 6) is 0.600. The number of benzene rings is 2. The Balaban J connectivity index is 1.33. The number of aromatic nitrogens is 3. The molecule has 0 aliphatic heterocycles. The molecule has 142 valence electrons. The lowest BCUT2D eigenvalue weighted by atomic mass is 10.1. The first kappa shape index (κ1) is 18.0. The second kappa shape index (κ2) is 8.52. The summed E-state index contributed by atoms with van der Waals surface area (Å²) in [6.07, 6.45) is 7.05. The molecule has 2 aromatic heterocycles. The molecule has 1 amide bonds. The van der Waals surface area contributed by atoms with Gasteiger partial charge in [0, 0.05) is 24.7 Å². The number of amides is 1. The minimum Gasteiger partial charge on any atom is -0.441 e. The van der Waals surface area contributed by atoms with Gasteiger partial charge in [0.1, 0.15) is 5.52 Å². The molecule has 0 aliphatic rings. The van der Waals surface area contributed by atoms with Gasteiger partial charge < -0.3 is 9.73 Å². The molecule has 4 aromatic rings. The van der Waals surface area contributed by atoms with Crippen LogP contribution in [-0.4, -0.2) is 27.6 Å². The number of nitrogens with one attached hydrogen (secondary N) is 2. The third kappa shape index (κ3) is 4.46. The highest BCUT2D eigenvalue weighted by Gasteiger charge is 2.11. The summed E-state index contributed by atoms with van der Waals surface area (Å²) in [5, 5.41) is 9.58. The van der Waals surface area contributed by atoms with Crippen molar-refractivity contribution in [3.63, 3.8) is 0 Å². The molecule has 4 rings (SSSR count). The SMILES string of the molecule is O=C(NCCc1cn[nH]c1)c1ccc2oc(CCCc3ccccc3)nc2c1. The van der Waals surface area contributed by atoms with Crippen LogP contribution in [0, 0.1) is 0 Å². The van der Waals surface area contributed by atoms with E-state index in [0.717, 1.165) is 36.8 Å². The molecule has 0 unspecified atom stereocenters. The third-order valence-electron chi connectivity index (χ3n) is 4.65. The smallest absolute Gasteiger partial charge is 0.251 e. The Bertz CT molecular complexity index is 1040. The minimum absolute atomic E-state index is 0.112. The van der Waals surface area contributed by atoms with Gasteiger partial charge in [-0.2, -0.15) is 5.10 Å². The first-order valence-corrected chi connectivity index (χ1v) is 9.47. The van der Waals surface area contributed by atoms with E-state index in [9.17, 15) is 4.79 Å². The molecule has 0 spiro atoms. The number of carbonyl (C=O) groups excluding carboxylic acids is 1. The number of oxazole rings is 1. The first-order chi connectivity index (χ1) is 13.8. The quantitative estimate of drug-likeness (QED) is 0.493. The number of carbonyl (C=O) groups is 1. The Labute approximate surface area is 163 Å². The van der Waals surface area contributed by atoms with Gasteiger partial charge in [0.2, 0.25) is 0 Å². The van der Waals surface area contributed by atoms with Crippen molar-refractivity contribution in [3.05, 3.63) is 83.5 Å². The predicted molar refractivity (Wildman–Crippen MR) is 107 cm³/mol. The highest BCUT2D eigenvalue weighted by atomic mass is 16.3. The highest BCUT2D eigenvalue weighted by molar-refractivity contribution is 5.97. The molecule has 6 heteroatoms. The van der Waals surface area contributed by atoms with E-state index in [2.05, 4.69) is 44.8 Å². The number of fused-ring (bicyclic) bond motifs is 1. The van der Waals surface area contributed by atoms with Crippen LogP contribution in [0.5, 0.6) is 0 Å². The molecule has 0 saturated heterocycles. The van der Waals surface area contributed by atoms with Crippen molar-refractivity contribution in [1.29, 1.82) is 0 Å². The van der Waals surface area contributed by atoms with Gasteiger partial charge in [-0.25, -0.2) is 4.98 Å². The Kier molecular flexibility index (Phi) is 5.47. The monoisotopic (exact) mass is 374 g/mol. The molecule has 2 aromatic carbocycles. The number of hydrogen-bond donors (Lipinski definition) is 2. The topological polar surface area (TPSA) is 83.8 Å². The summed E-state index contributed by atoms with van der Waals surface area (Å²) in [7, 11) is 0. The lowest BCUT2D eigenvalue weighted by Gasteiger charge is -2.03. The van der Waals surface area contributed by atoms with Gasteiger partial charge >= 0.3 is 0 Å². The molecule has 2 heterocycles. The summed E-state index contributed by atoms with van der Waals surface area (Å²) in [4.78, 5) is 16.9. The number of nitrogens with zero attached hydrogens (tertiary/aromatic N) is 2. The van der Waals surface area contributed by atoms with Crippen LogP contribution in [-0.2, 0) is 19.3 Å². The molecule has 0 atom stereocenters. The zero-order valence-corrected chi connectivity index (χ0v) is 15.5.